The average molecular weight is 508 g/mol. The Bertz CT molecular complexity index is 1400. The van der Waals surface area contributed by atoms with Gasteiger partial charge in [0, 0.05) is 62.3 Å². The molecule has 1 saturated heterocycles. The number of pyridine rings is 1. The minimum atomic E-state index is -0.0900. The largest absolute Gasteiger partial charge is 0.372 e. The summed E-state index contributed by atoms with van der Waals surface area (Å²) in [7, 11) is 1.93. The van der Waals surface area contributed by atoms with Crippen molar-refractivity contribution in [3.8, 4) is 11.3 Å². The molecule has 1 aliphatic rings. The van der Waals surface area contributed by atoms with Crippen molar-refractivity contribution in [3.63, 3.8) is 0 Å². The molecule has 2 N–H and O–H groups in total. The van der Waals surface area contributed by atoms with E-state index in [0.29, 0.717) is 12.3 Å². The fourth-order valence-electron chi connectivity index (χ4n) is 5.01. The molecule has 1 aliphatic heterocycles. The molecule has 0 aliphatic carbocycles. The molecule has 2 aromatic heterocycles. The van der Waals surface area contributed by atoms with Gasteiger partial charge in [0.05, 0.1) is 11.4 Å². The van der Waals surface area contributed by atoms with Gasteiger partial charge in [-0.05, 0) is 79.4 Å². The van der Waals surface area contributed by atoms with Crippen LogP contribution in [-0.4, -0.2) is 34.3 Å². The molecule has 0 spiro atoms. The summed E-state index contributed by atoms with van der Waals surface area (Å²) in [6, 6.07) is 25.8. The first-order valence-electron chi connectivity index (χ1n) is 13.1. The summed E-state index contributed by atoms with van der Waals surface area (Å²) >= 11 is 0. The Hall–Kier alpha value is -4.39. The van der Waals surface area contributed by atoms with Crippen LogP contribution in [0, 0.1) is 5.92 Å². The summed E-state index contributed by atoms with van der Waals surface area (Å²) < 4.78 is 1.91. The Balaban J connectivity index is 1.16. The van der Waals surface area contributed by atoms with Gasteiger partial charge in [0.25, 0.3) is 0 Å². The third-order valence-electron chi connectivity index (χ3n) is 7.07. The van der Waals surface area contributed by atoms with Gasteiger partial charge in [-0.3, -0.25) is 9.59 Å². The number of anilines is 4. The number of carbonyl (C=O) groups is 2. The highest BCUT2D eigenvalue weighted by atomic mass is 16.1. The van der Waals surface area contributed by atoms with Crippen LogP contribution in [0.4, 0.5) is 22.9 Å². The molecule has 1 amide bonds. The molecule has 0 radical (unpaired) electrons. The van der Waals surface area contributed by atoms with Crippen molar-refractivity contribution in [2.24, 2.45) is 13.0 Å². The van der Waals surface area contributed by atoms with Gasteiger partial charge in [-0.1, -0.05) is 18.2 Å². The second-order valence-electron chi connectivity index (χ2n) is 9.90. The van der Waals surface area contributed by atoms with Crippen molar-refractivity contribution < 1.29 is 9.59 Å². The number of aryl methyl sites for hydroxylation is 1. The molecule has 0 bridgehead atoms. The Morgan fingerprint density at radius 1 is 0.895 bits per heavy atom. The highest BCUT2D eigenvalue weighted by Gasteiger charge is 2.23. The van der Waals surface area contributed by atoms with Gasteiger partial charge >= 0.3 is 0 Å². The highest BCUT2D eigenvalue weighted by molar-refractivity contribution is 5.94. The lowest BCUT2D eigenvalue weighted by Crippen LogP contribution is -2.34. The van der Waals surface area contributed by atoms with Crippen LogP contribution in [0.25, 0.3) is 11.3 Å². The van der Waals surface area contributed by atoms with Gasteiger partial charge in [-0.15, -0.1) is 0 Å². The van der Waals surface area contributed by atoms with Crippen LogP contribution in [0.3, 0.4) is 0 Å². The molecular weight excluding hydrogens is 474 g/mol. The summed E-state index contributed by atoms with van der Waals surface area (Å²) in [5, 5.41) is 6.18. The van der Waals surface area contributed by atoms with Crippen molar-refractivity contribution in [2.75, 3.05) is 28.6 Å². The first-order chi connectivity index (χ1) is 18.4. The fraction of sp³-hybridized carbons (Fsp3) is 0.258. The van der Waals surface area contributed by atoms with Crippen molar-refractivity contribution >= 4 is 34.6 Å². The molecule has 2 aromatic carbocycles. The number of nitrogens with zero attached hydrogens (tertiary/aromatic N) is 3. The molecule has 7 nitrogen and oxygen atoms in total. The molecule has 0 unspecified atom stereocenters. The monoisotopic (exact) mass is 507 g/mol. The van der Waals surface area contributed by atoms with Gasteiger partial charge in [0.1, 0.15) is 5.82 Å². The minimum Gasteiger partial charge on any atom is -0.372 e. The molecule has 0 atom stereocenters. The zero-order valence-electron chi connectivity index (χ0n) is 21.9. The normalized spacial score (nSPS) is 13.8. The number of ketones is 1. The molecule has 4 aromatic rings. The van der Waals surface area contributed by atoms with E-state index in [1.165, 1.54) is 12.6 Å². The van der Waals surface area contributed by atoms with Crippen molar-refractivity contribution in [2.45, 2.75) is 26.2 Å². The molecule has 1 fully saturated rings. The van der Waals surface area contributed by atoms with Crippen molar-refractivity contribution in [3.05, 3.63) is 90.8 Å². The number of benzene rings is 2. The summed E-state index contributed by atoms with van der Waals surface area (Å²) in [6.07, 6.45) is 4.60. The Labute approximate surface area is 223 Å². The van der Waals surface area contributed by atoms with E-state index in [-0.39, 0.29) is 11.7 Å². The van der Waals surface area contributed by atoms with Crippen LogP contribution in [-0.2, 0) is 11.8 Å². The molecule has 5 rings (SSSR count). The van der Waals surface area contributed by atoms with E-state index in [4.69, 9.17) is 4.98 Å². The van der Waals surface area contributed by atoms with Crippen LogP contribution in [0.2, 0.25) is 0 Å². The Morgan fingerprint density at radius 2 is 1.61 bits per heavy atom. The Kier molecular flexibility index (Phi) is 7.54. The summed E-state index contributed by atoms with van der Waals surface area (Å²) in [6.45, 7) is 3.42. The van der Waals surface area contributed by atoms with E-state index in [2.05, 4.69) is 39.8 Å². The second-order valence-corrected chi connectivity index (χ2v) is 9.90. The zero-order chi connectivity index (χ0) is 26.5. The van der Waals surface area contributed by atoms with Gasteiger partial charge in [-0.25, -0.2) is 4.98 Å². The van der Waals surface area contributed by atoms with E-state index in [0.717, 1.165) is 60.1 Å². The number of piperidine rings is 1. The maximum Gasteiger partial charge on any atom is 0.221 e. The smallest absolute Gasteiger partial charge is 0.221 e. The number of hydrogen-bond acceptors (Lipinski definition) is 5. The van der Waals surface area contributed by atoms with Crippen LogP contribution in [0.15, 0.2) is 85.1 Å². The number of Topliss-reactive ketones (excluding diaryl/α,β-unsaturated/α-hetero) is 1. The van der Waals surface area contributed by atoms with E-state index in [1.807, 2.05) is 72.4 Å². The predicted molar refractivity (Wildman–Crippen MR) is 153 cm³/mol. The standard InChI is InChI=1S/C31H33N5O2/c1-22(37)32-25-10-8-24(9-11-25)28-5-3-7-31(34-28)33-26-12-14-27(15-13-26)36-19-16-23(17-20-36)21-30(38)29-6-4-18-35(29)2/h3-15,18,23H,16-17,19-21H2,1-2H3,(H,32,37)(H,33,34). The van der Waals surface area contributed by atoms with E-state index in [1.54, 1.807) is 0 Å². The van der Waals surface area contributed by atoms with Crippen molar-refractivity contribution in [1.29, 1.82) is 0 Å². The average Bonchev–Trinajstić information content (AvgIpc) is 3.36. The molecule has 38 heavy (non-hydrogen) atoms. The topological polar surface area (TPSA) is 79.3 Å². The summed E-state index contributed by atoms with van der Waals surface area (Å²) in [5.74, 6) is 1.36. The lowest BCUT2D eigenvalue weighted by molar-refractivity contribution is -0.114. The number of hydrogen-bond donors (Lipinski definition) is 2. The molecule has 0 saturated carbocycles. The maximum atomic E-state index is 12.6. The van der Waals surface area contributed by atoms with Crippen molar-refractivity contribution in [1.82, 2.24) is 9.55 Å². The van der Waals surface area contributed by atoms with E-state index < -0.39 is 0 Å². The lowest BCUT2D eigenvalue weighted by atomic mass is 9.90. The minimum absolute atomic E-state index is 0.0900. The van der Waals surface area contributed by atoms with Crippen LogP contribution >= 0.6 is 0 Å². The van der Waals surface area contributed by atoms with Crippen LogP contribution in [0.5, 0.6) is 0 Å². The van der Waals surface area contributed by atoms with Gasteiger partial charge in [0.2, 0.25) is 5.91 Å². The third kappa shape index (κ3) is 6.11. The summed E-state index contributed by atoms with van der Waals surface area (Å²) in [4.78, 5) is 31.0. The SMILES string of the molecule is CC(=O)Nc1ccc(-c2cccc(Nc3ccc(N4CCC(CC(=O)c5cccn5C)CC4)cc3)n2)cc1. The van der Waals surface area contributed by atoms with Gasteiger partial charge < -0.3 is 20.1 Å². The fourth-order valence-corrected chi connectivity index (χ4v) is 5.01. The van der Waals surface area contributed by atoms with Crippen LogP contribution in [0.1, 0.15) is 36.7 Å². The van der Waals surface area contributed by atoms with Crippen LogP contribution < -0.4 is 15.5 Å². The number of amides is 1. The predicted octanol–water partition coefficient (Wildman–Crippen LogP) is 6.28. The third-order valence-corrected chi connectivity index (χ3v) is 7.07. The quantitative estimate of drug-likeness (QED) is 0.275. The molecular formula is C31H33N5O2. The number of aromatic nitrogens is 2. The number of carbonyl (C=O) groups excluding carboxylic acids is 2. The molecule has 194 valence electrons. The first kappa shape index (κ1) is 25.3. The summed E-state index contributed by atoms with van der Waals surface area (Å²) in [5.41, 5.74) is 5.57. The number of nitrogens with one attached hydrogen (secondary N) is 2. The Morgan fingerprint density at radius 3 is 2.26 bits per heavy atom. The lowest BCUT2D eigenvalue weighted by Gasteiger charge is -2.33. The molecule has 3 heterocycles. The molecule has 7 heteroatoms. The van der Waals surface area contributed by atoms with Gasteiger partial charge in [0.15, 0.2) is 5.78 Å². The first-order valence-corrected chi connectivity index (χ1v) is 13.1. The van der Waals surface area contributed by atoms with E-state index in [9.17, 15) is 9.59 Å². The van der Waals surface area contributed by atoms with E-state index >= 15 is 0 Å². The second kappa shape index (κ2) is 11.3. The van der Waals surface area contributed by atoms with Gasteiger partial charge in [-0.2, -0.15) is 0 Å². The highest BCUT2D eigenvalue weighted by Crippen LogP contribution is 2.28. The zero-order valence-corrected chi connectivity index (χ0v) is 21.9. The number of rotatable bonds is 8. The maximum absolute atomic E-state index is 12.6.